The quantitative estimate of drug-likeness (QED) is 0.615. The number of nitrogens with one attached hydrogen (secondary N) is 1. The molecular weight excluding hydrogens is 511 g/mol. The predicted octanol–water partition coefficient (Wildman–Crippen LogP) is 3.91. The smallest absolute Gasteiger partial charge is 0.379 e. The molecule has 1 aromatic carbocycles. The molecule has 3 aliphatic heterocycles. The fourth-order valence-electron chi connectivity index (χ4n) is 6.87. The SMILES string of the molecule is COC1COCCC1N[C@@H]1C[C@H]2OC(c3ccccc3)C[C@H]2[C@@H]1C(=O)N1CCc2ncc(C(F)(F)F)cc2C1. The zero-order valence-electron chi connectivity index (χ0n) is 21.9. The van der Waals surface area contributed by atoms with Gasteiger partial charge in [0.05, 0.1) is 36.4 Å². The van der Waals surface area contributed by atoms with Crippen molar-refractivity contribution in [1.82, 2.24) is 15.2 Å². The summed E-state index contributed by atoms with van der Waals surface area (Å²) in [7, 11) is 1.67. The van der Waals surface area contributed by atoms with E-state index in [-0.39, 0.29) is 54.7 Å². The molecule has 1 aliphatic carbocycles. The molecule has 0 bridgehead atoms. The topological polar surface area (TPSA) is 72.9 Å². The lowest BCUT2D eigenvalue weighted by Crippen LogP contribution is -2.55. The van der Waals surface area contributed by atoms with E-state index in [0.29, 0.717) is 43.9 Å². The molecule has 0 radical (unpaired) electrons. The summed E-state index contributed by atoms with van der Waals surface area (Å²) in [5.41, 5.74) is 1.42. The number of alkyl halides is 3. The summed E-state index contributed by atoms with van der Waals surface area (Å²) in [6.45, 7) is 1.69. The zero-order valence-corrected chi connectivity index (χ0v) is 21.9. The Balaban J connectivity index is 1.25. The molecule has 4 aliphatic rings. The number of methoxy groups -OCH3 is 1. The molecule has 7 atom stereocenters. The number of carbonyl (C=O) groups is 1. The molecule has 1 N–H and O–H groups in total. The van der Waals surface area contributed by atoms with Crippen LogP contribution < -0.4 is 5.32 Å². The lowest BCUT2D eigenvalue weighted by atomic mass is 9.86. The van der Waals surface area contributed by atoms with Crippen LogP contribution in [-0.2, 0) is 38.1 Å². The number of amides is 1. The Morgan fingerprint density at radius 3 is 2.77 bits per heavy atom. The van der Waals surface area contributed by atoms with Crippen molar-refractivity contribution in [1.29, 1.82) is 0 Å². The number of rotatable bonds is 5. The highest BCUT2D eigenvalue weighted by molar-refractivity contribution is 5.81. The Labute approximate surface area is 226 Å². The third kappa shape index (κ3) is 5.31. The molecule has 4 heterocycles. The number of nitrogens with zero attached hydrogens (tertiary/aromatic N) is 2. The highest BCUT2D eigenvalue weighted by atomic mass is 19.4. The standard InChI is InChI=1S/C29H34F3N3O4/c1-37-26-16-38-10-8-22(26)34-23-13-25-20(12-24(39-25)17-5-3-2-4-6-17)27(23)28(36)35-9-7-21-18(15-35)11-19(14-33-21)29(30,31)32/h2-6,11,14,20,22-27,34H,7-10,12-13,15-16H2,1H3/t20-,22?,23-,24?,25-,26?,27+/m1/s1. The lowest BCUT2D eigenvalue weighted by molar-refractivity contribution is -0.139. The average Bonchev–Trinajstić information content (AvgIpc) is 3.50. The van der Waals surface area contributed by atoms with Crippen molar-refractivity contribution in [3.63, 3.8) is 0 Å². The summed E-state index contributed by atoms with van der Waals surface area (Å²) in [5.74, 6) is -0.354. The zero-order chi connectivity index (χ0) is 27.1. The van der Waals surface area contributed by atoms with Crippen molar-refractivity contribution in [2.75, 3.05) is 26.9 Å². The fraction of sp³-hybridized carbons (Fsp3) is 0.586. The van der Waals surface area contributed by atoms with E-state index in [1.807, 2.05) is 18.2 Å². The Hall–Kier alpha value is -2.53. The first-order chi connectivity index (χ1) is 18.8. The van der Waals surface area contributed by atoms with Crippen molar-refractivity contribution in [2.45, 2.75) is 68.8 Å². The summed E-state index contributed by atoms with van der Waals surface area (Å²) in [6.07, 6.45) is -1.20. The molecule has 7 nitrogen and oxygen atoms in total. The van der Waals surface area contributed by atoms with E-state index in [1.54, 1.807) is 12.0 Å². The largest absolute Gasteiger partial charge is 0.417 e. The molecule has 210 valence electrons. The molecule has 10 heteroatoms. The van der Waals surface area contributed by atoms with Gasteiger partial charge in [0.25, 0.3) is 0 Å². The summed E-state index contributed by atoms with van der Waals surface area (Å²) >= 11 is 0. The van der Waals surface area contributed by atoms with Crippen LogP contribution in [0.15, 0.2) is 42.6 Å². The average molecular weight is 546 g/mol. The maximum Gasteiger partial charge on any atom is 0.417 e. The Morgan fingerprint density at radius 1 is 1.18 bits per heavy atom. The van der Waals surface area contributed by atoms with Crippen LogP contribution in [0.3, 0.4) is 0 Å². The minimum atomic E-state index is -4.47. The van der Waals surface area contributed by atoms with E-state index in [4.69, 9.17) is 14.2 Å². The van der Waals surface area contributed by atoms with E-state index in [9.17, 15) is 18.0 Å². The molecule has 2 aromatic rings. The highest BCUT2D eigenvalue weighted by Gasteiger charge is 2.54. The van der Waals surface area contributed by atoms with Gasteiger partial charge in [-0.05, 0) is 36.5 Å². The summed E-state index contributed by atoms with van der Waals surface area (Å²) in [4.78, 5) is 20.0. The third-order valence-electron chi connectivity index (χ3n) is 8.85. The molecular formula is C29H34F3N3O4. The second-order valence-electron chi connectivity index (χ2n) is 11.1. The molecule has 3 unspecified atom stereocenters. The first kappa shape index (κ1) is 26.7. The number of hydrogen-bond acceptors (Lipinski definition) is 6. The first-order valence-electron chi connectivity index (χ1n) is 13.7. The molecule has 0 spiro atoms. The van der Waals surface area contributed by atoms with Gasteiger partial charge in [-0.1, -0.05) is 30.3 Å². The molecule has 1 aromatic heterocycles. The van der Waals surface area contributed by atoms with Crippen LogP contribution in [0.4, 0.5) is 13.2 Å². The monoisotopic (exact) mass is 545 g/mol. The number of hydrogen-bond donors (Lipinski definition) is 1. The summed E-state index contributed by atoms with van der Waals surface area (Å²) < 4.78 is 57.8. The Bertz CT molecular complexity index is 1180. The summed E-state index contributed by atoms with van der Waals surface area (Å²) in [6, 6.07) is 11.1. The van der Waals surface area contributed by atoms with Gasteiger partial charge in [0, 0.05) is 63.1 Å². The fourth-order valence-corrected chi connectivity index (χ4v) is 6.87. The van der Waals surface area contributed by atoms with Crippen LogP contribution in [0, 0.1) is 11.8 Å². The maximum absolute atomic E-state index is 14.2. The predicted molar refractivity (Wildman–Crippen MR) is 136 cm³/mol. The highest BCUT2D eigenvalue weighted by Crippen LogP contribution is 2.49. The van der Waals surface area contributed by atoms with E-state index in [1.165, 1.54) is 0 Å². The van der Waals surface area contributed by atoms with Gasteiger partial charge in [-0.2, -0.15) is 13.2 Å². The number of benzene rings is 1. The number of aromatic nitrogens is 1. The number of halogens is 3. The van der Waals surface area contributed by atoms with Gasteiger partial charge in [0.2, 0.25) is 5.91 Å². The van der Waals surface area contributed by atoms with Gasteiger partial charge < -0.3 is 24.4 Å². The van der Waals surface area contributed by atoms with Crippen LogP contribution in [0.1, 0.15) is 47.8 Å². The van der Waals surface area contributed by atoms with Gasteiger partial charge in [-0.25, -0.2) is 0 Å². The van der Waals surface area contributed by atoms with Crippen LogP contribution in [0.25, 0.3) is 0 Å². The number of pyridine rings is 1. The van der Waals surface area contributed by atoms with Crippen molar-refractivity contribution < 1.29 is 32.2 Å². The van der Waals surface area contributed by atoms with Gasteiger partial charge in [-0.3, -0.25) is 9.78 Å². The van der Waals surface area contributed by atoms with Crippen LogP contribution in [-0.4, -0.2) is 67.0 Å². The molecule has 39 heavy (non-hydrogen) atoms. The van der Waals surface area contributed by atoms with Gasteiger partial charge in [-0.15, -0.1) is 0 Å². The van der Waals surface area contributed by atoms with Crippen molar-refractivity contribution >= 4 is 5.91 Å². The van der Waals surface area contributed by atoms with E-state index >= 15 is 0 Å². The lowest BCUT2D eigenvalue weighted by Gasteiger charge is -2.37. The molecule has 3 fully saturated rings. The molecule has 1 amide bonds. The number of carbonyl (C=O) groups excluding carboxylic acids is 1. The van der Waals surface area contributed by atoms with Crippen LogP contribution in [0.5, 0.6) is 0 Å². The van der Waals surface area contributed by atoms with Crippen LogP contribution >= 0.6 is 0 Å². The van der Waals surface area contributed by atoms with E-state index < -0.39 is 11.7 Å². The second-order valence-corrected chi connectivity index (χ2v) is 11.1. The van der Waals surface area contributed by atoms with Gasteiger partial charge >= 0.3 is 6.18 Å². The molecule has 1 saturated carbocycles. The summed E-state index contributed by atoms with van der Waals surface area (Å²) in [5, 5.41) is 3.73. The third-order valence-corrected chi connectivity index (χ3v) is 8.85. The molecule has 2 saturated heterocycles. The van der Waals surface area contributed by atoms with Crippen molar-refractivity contribution in [2.24, 2.45) is 11.8 Å². The van der Waals surface area contributed by atoms with E-state index in [2.05, 4.69) is 22.4 Å². The van der Waals surface area contributed by atoms with Crippen molar-refractivity contribution in [3.8, 4) is 0 Å². The maximum atomic E-state index is 14.2. The minimum absolute atomic E-state index is 0.0158. The van der Waals surface area contributed by atoms with Gasteiger partial charge in [0.15, 0.2) is 0 Å². The Morgan fingerprint density at radius 2 is 2.00 bits per heavy atom. The van der Waals surface area contributed by atoms with E-state index in [0.717, 1.165) is 30.7 Å². The Kier molecular flexibility index (Phi) is 7.39. The number of ether oxygens (including phenoxy) is 3. The van der Waals surface area contributed by atoms with Crippen molar-refractivity contribution in [3.05, 3.63) is 65.0 Å². The number of fused-ring (bicyclic) bond motifs is 2. The van der Waals surface area contributed by atoms with Gasteiger partial charge in [0.1, 0.15) is 0 Å². The second kappa shape index (κ2) is 10.8. The van der Waals surface area contributed by atoms with Crippen LogP contribution in [0.2, 0.25) is 0 Å². The first-order valence-corrected chi connectivity index (χ1v) is 13.7. The minimum Gasteiger partial charge on any atom is -0.379 e. The normalized spacial score (nSPS) is 32.6. The molecule has 6 rings (SSSR count).